The first kappa shape index (κ1) is 7.56. The molecule has 1 nitrogen and oxygen atoms in total. The summed E-state index contributed by atoms with van der Waals surface area (Å²) >= 11 is 0. The summed E-state index contributed by atoms with van der Waals surface area (Å²) in [6.07, 6.45) is -0.803. The van der Waals surface area contributed by atoms with Crippen LogP contribution in [0.3, 0.4) is 0 Å². The van der Waals surface area contributed by atoms with E-state index in [-0.39, 0.29) is 12.5 Å². The molecule has 0 amide bonds. The number of halogens is 2. The smallest absolute Gasteiger partial charge is 0.266 e. The van der Waals surface area contributed by atoms with Gasteiger partial charge in [-0.3, -0.25) is 0 Å². The quantitative estimate of drug-likeness (QED) is 0.586. The van der Waals surface area contributed by atoms with E-state index in [9.17, 15) is 8.78 Å². The molecule has 3 heteroatoms. The third kappa shape index (κ3) is 3.74. The van der Waals surface area contributed by atoms with Crippen molar-refractivity contribution < 1.29 is 8.78 Å². The number of rotatable bonds is 2. The second-order valence-corrected chi connectivity index (χ2v) is 1.67. The number of nitrogens with two attached hydrogens (primary N) is 1. The van der Waals surface area contributed by atoms with Crippen LogP contribution in [0.5, 0.6) is 0 Å². The van der Waals surface area contributed by atoms with Crippen molar-refractivity contribution >= 4 is 0 Å². The van der Waals surface area contributed by atoms with Crippen molar-refractivity contribution in [2.75, 3.05) is 6.54 Å². The summed E-state index contributed by atoms with van der Waals surface area (Å²) in [4.78, 5) is 0. The Labute approximate surface area is 47.2 Å². The maximum Gasteiger partial charge on any atom is 0.266 e. The van der Waals surface area contributed by atoms with Gasteiger partial charge in [0.25, 0.3) is 6.08 Å². The molecule has 0 saturated heterocycles. The fourth-order valence-electron chi connectivity index (χ4n) is 0.283. The van der Waals surface area contributed by atoms with Gasteiger partial charge >= 0.3 is 0 Å². The van der Waals surface area contributed by atoms with E-state index in [0.717, 1.165) is 6.08 Å². The second kappa shape index (κ2) is 3.55. The summed E-state index contributed by atoms with van der Waals surface area (Å²) in [5.41, 5.74) is 5.04. The topological polar surface area (TPSA) is 26.0 Å². The van der Waals surface area contributed by atoms with E-state index in [1.165, 1.54) is 0 Å². The van der Waals surface area contributed by atoms with Gasteiger partial charge in [-0.15, -0.1) is 0 Å². The van der Waals surface area contributed by atoms with Crippen molar-refractivity contribution in [3.63, 3.8) is 0 Å². The fourth-order valence-corrected chi connectivity index (χ4v) is 0.283. The molecule has 0 aliphatic heterocycles. The zero-order valence-corrected chi connectivity index (χ0v) is 4.70. The van der Waals surface area contributed by atoms with Gasteiger partial charge in [0.1, 0.15) is 0 Å². The lowest BCUT2D eigenvalue weighted by Crippen LogP contribution is -2.07. The van der Waals surface area contributed by atoms with Crippen LogP contribution in [0.4, 0.5) is 8.78 Å². The molecule has 0 rings (SSSR count). The minimum atomic E-state index is -1.65. The van der Waals surface area contributed by atoms with Crippen molar-refractivity contribution in [1.29, 1.82) is 0 Å². The summed E-state index contributed by atoms with van der Waals surface area (Å²) in [5.74, 6) is -0.208. The minimum absolute atomic E-state index is 0.208. The van der Waals surface area contributed by atoms with Gasteiger partial charge in [0.2, 0.25) is 0 Å². The van der Waals surface area contributed by atoms with Crippen LogP contribution in [0, 0.1) is 5.92 Å². The molecular formula is C5H9F2N. The summed E-state index contributed by atoms with van der Waals surface area (Å²) in [7, 11) is 0. The molecule has 0 spiro atoms. The van der Waals surface area contributed by atoms with E-state index in [0.29, 0.717) is 0 Å². The molecule has 0 aromatic heterocycles. The molecule has 0 fully saturated rings. The lowest BCUT2D eigenvalue weighted by atomic mass is 10.2. The number of hydrogen-bond acceptors (Lipinski definition) is 1. The highest BCUT2D eigenvalue weighted by molar-refractivity contribution is 4.85. The highest BCUT2D eigenvalue weighted by atomic mass is 19.3. The largest absolute Gasteiger partial charge is 0.330 e. The molecule has 0 heterocycles. The van der Waals surface area contributed by atoms with Gasteiger partial charge in [0, 0.05) is 0 Å². The first-order valence-electron chi connectivity index (χ1n) is 2.39. The minimum Gasteiger partial charge on any atom is -0.330 e. The fraction of sp³-hybridized carbons (Fsp3) is 0.600. The molecule has 8 heavy (non-hydrogen) atoms. The third-order valence-electron chi connectivity index (χ3n) is 0.782. The Morgan fingerprint density at radius 1 is 1.75 bits per heavy atom. The SMILES string of the molecule is CC(C=C(F)F)CN. The molecule has 0 radical (unpaired) electrons. The van der Waals surface area contributed by atoms with Crippen molar-refractivity contribution in [2.45, 2.75) is 6.92 Å². The van der Waals surface area contributed by atoms with Crippen molar-refractivity contribution in [3.8, 4) is 0 Å². The molecule has 0 aromatic carbocycles. The van der Waals surface area contributed by atoms with Gasteiger partial charge in [-0.25, -0.2) is 0 Å². The first-order valence-corrected chi connectivity index (χ1v) is 2.39. The van der Waals surface area contributed by atoms with E-state index in [4.69, 9.17) is 5.73 Å². The molecular weight excluding hydrogens is 112 g/mol. The van der Waals surface area contributed by atoms with Crippen LogP contribution < -0.4 is 5.73 Å². The average Bonchev–Trinajstić information content (AvgIpc) is 1.65. The summed E-state index contributed by atoms with van der Waals surface area (Å²) < 4.78 is 22.6. The van der Waals surface area contributed by atoms with Crippen molar-refractivity contribution in [2.24, 2.45) is 11.7 Å². The lowest BCUT2D eigenvalue weighted by Gasteiger charge is -1.95. The molecule has 0 aliphatic rings. The van der Waals surface area contributed by atoms with E-state index < -0.39 is 6.08 Å². The zero-order chi connectivity index (χ0) is 6.57. The first-order chi connectivity index (χ1) is 3.66. The Morgan fingerprint density at radius 3 is 2.38 bits per heavy atom. The van der Waals surface area contributed by atoms with E-state index in [2.05, 4.69) is 0 Å². The van der Waals surface area contributed by atoms with Crippen LogP contribution in [-0.2, 0) is 0 Å². The third-order valence-corrected chi connectivity index (χ3v) is 0.782. The van der Waals surface area contributed by atoms with E-state index in [1.54, 1.807) is 6.92 Å². The van der Waals surface area contributed by atoms with Crippen LogP contribution in [0.25, 0.3) is 0 Å². The molecule has 0 aromatic rings. The van der Waals surface area contributed by atoms with Crippen LogP contribution in [0.15, 0.2) is 12.2 Å². The Balaban J connectivity index is 3.51. The Bertz CT molecular complexity index is 86.4. The molecule has 1 atom stereocenters. The molecule has 2 N–H and O–H groups in total. The Hall–Kier alpha value is -0.440. The maximum atomic E-state index is 11.3. The predicted molar refractivity (Wildman–Crippen MR) is 28.5 cm³/mol. The van der Waals surface area contributed by atoms with Gasteiger partial charge < -0.3 is 5.73 Å². The van der Waals surface area contributed by atoms with Crippen LogP contribution >= 0.6 is 0 Å². The maximum absolute atomic E-state index is 11.3. The normalized spacial score (nSPS) is 13.0. The molecule has 0 saturated carbocycles. The van der Waals surface area contributed by atoms with Crippen molar-refractivity contribution in [3.05, 3.63) is 12.2 Å². The average molecular weight is 121 g/mol. The highest BCUT2D eigenvalue weighted by Gasteiger charge is 1.95. The van der Waals surface area contributed by atoms with Gasteiger partial charge in [-0.2, -0.15) is 8.78 Å². The van der Waals surface area contributed by atoms with Gasteiger partial charge in [0.15, 0.2) is 0 Å². The molecule has 1 unspecified atom stereocenters. The zero-order valence-electron chi connectivity index (χ0n) is 4.70. The van der Waals surface area contributed by atoms with Crippen molar-refractivity contribution in [1.82, 2.24) is 0 Å². The summed E-state index contributed by atoms with van der Waals surface area (Å²) in [6, 6.07) is 0. The Kier molecular flexibility index (Phi) is 3.35. The van der Waals surface area contributed by atoms with Crippen LogP contribution in [0.1, 0.15) is 6.92 Å². The van der Waals surface area contributed by atoms with Gasteiger partial charge in [-0.05, 0) is 18.5 Å². The van der Waals surface area contributed by atoms with E-state index in [1.807, 2.05) is 0 Å². The summed E-state index contributed by atoms with van der Waals surface area (Å²) in [5, 5.41) is 0. The van der Waals surface area contributed by atoms with E-state index >= 15 is 0 Å². The second-order valence-electron chi connectivity index (χ2n) is 1.67. The monoisotopic (exact) mass is 121 g/mol. The lowest BCUT2D eigenvalue weighted by molar-refractivity contribution is 0.411. The molecule has 0 aliphatic carbocycles. The molecule has 48 valence electrons. The van der Waals surface area contributed by atoms with Gasteiger partial charge in [0.05, 0.1) is 0 Å². The predicted octanol–water partition coefficient (Wildman–Crippen LogP) is 1.36. The number of hydrogen-bond donors (Lipinski definition) is 1. The summed E-state index contributed by atoms with van der Waals surface area (Å²) in [6.45, 7) is 1.91. The van der Waals surface area contributed by atoms with Crippen LogP contribution in [0.2, 0.25) is 0 Å². The Morgan fingerprint density at radius 2 is 2.25 bits per heavy atom. The molecule has 0 bridgehead atoms. The highest BCUT2D eigenvalue weighted by Crippen LogP contribution is 2.02. The standard InChI is InChI=1S/C5H9F2N/c1-4(3-8)2-5(6)7/h2,4H,3,8H2,1H3. The van der Waals surface area contributed by atoms with Gasteiger partial charge in [-0.1, -0.05) is 6.92 Å². The van der Waals surface area contributed by atoms with Crippen LogP contribution in [-0.4, -0.2) is 6.54 Å².